The summed E-state index contributed by atoms with van der Waals surface area (Å²) in [6, 6.07) is 5.60. The first kappa shape index (κ1) is 19.0. The topological polar surface area (TPSA) is 79.1 Å². The zero-order valence-electron chi connectivity index (χ0n) is 14.9. The molecule has 28 heavy (non-hydrogen) atoms. The molecule has 2 aliphatic heterocycles. The van der Waals surface area contributed by atoms with Crippen molar-refractivity contribution < 1.29 is 13.9 Å². The van der Waals surface area contributed by atoms with Crippen molar-refractivity contribution in [3.8, 4) is 6.07 Å². The minimum atomic E-state index is -0.635. The van der Waals surface area contributed by atoms with Crippen LogP contribution in [0.15, 0.2) is 29.2 Å². The van der Waals surface area contributed by atoms with Gasteiger partial charge in [-0.1, -0.05) is 17.7 Å². The number of nitriles is 1. The molecule has 0 atom stereocenters. The number of allylic oxidation sites excluding steroid dienone is 1. The largest absolute Gasteiger partial charge is 0.377 e. The number of rotatable bonds is 5. The van der Waals surface area contributed by atoms with Gasteiger partial charge in [0.05, 0.1) is 39.9 Å². The van der Waals surface area contributed by atoms with Gasteiger partial charge >= 0.3 is 0 Å². The Balaban J connectivity index is 1.60. The lowest BCUT2D eigenvalue weighted by molar-refractivity contribution is -0.0510. The lowest BCUT2D eigenvalue weighted by Crippen LogP contribution is -2.55. The standard InChI is InChI=1S/C19H16ClFN4O2S/c1-19(9-27-10-19)24-28-17-14-3-2-6-25(14)16(15(17)20)18(26)23-12-4-5-13(21)11(7-12)8-22/h2-5,7,24H,6,9-10H2,1H3,(H,23,26). The molecule has 1 saturated heterocycles. The van der Waals surface area contributed by atoms with Crippen molar-refractivity contribution in [3.05, 3.63) is 52.1 Å². The molecule has 3 heterocycles. The van der Waals surface area contributed by atoms with Gasteiger partial charge in [0.2, 0.25) is 0 Å². The molecule has 0 saturated carbocycles. The highest BCUT2D eigenvalue weighted by molar-refractivity contribution is 7.97. The maximum absolute atomic E-state index is 13.5. The Morgan fingerprint density at radius 3 is 2.93 bits per heavy atom. The van der Waals surface area contributed by atoms with Gasteiger partial charge in [-0.25, -0.2) is 9.11 Å². The van der Waals surface area contributed by atoms with Gasteiger partial charge in [-0.3, -0.25) is 4.79 Å². The number of carbonyl (C=O) groups excluding carboxylic acids is 1. The number of fused-ring (bicyclic) bond motifs is 1. The van der Waals surface area contributed by atoms with Crippen LogP contribution in [0.4, 0.5) is 10.1 Å². The number of ether oxygens (including phenoxy) is 1. The Morgan fingerprint density at radius 2 is 2.25 bits per heavy atom. The van der Waals surface area contributed by atoms with Crippen LogP contribution in [0.2, 0.25) is 5.02 Å². The second kappa shape index (κ2) is 7.26. The van der Waals surface area contributed by atoms with E-state index in [2.05, 4.69) is 17.0 Å². The highest BCUT2D eigenvalue weighted by atomic mass is 35.5. The lowest BCUT2D eigenvalue weighted by atomic mass is 10.0. The van der Waals surface area contributed by atoms with Gasteiger partial charge in [0.15, 0.2) is 0 Å². The molecule has 6 nitrogen and oxygen atoms in total. The van der Waals surface area contributed by atoms with Crippen molar-refractivity contribution in [1.29, 1.82) is 5.26 Å². The molecule has 0 unspecified atom stereocenters. The summed E-state index contributed by atoms with van der Waals surface area (Å²) in [6.07, 6.45) is 3.88. The van der Waals surface area contributed by atoms with Crippen LogP contribution >= 0.6 is 23.5 Å². The summed E-state index contributed by atoms with van der Waals surface area (Å²) in [5, 5.41) is 12.0. The van der Waals surface area contributed by atoms with E-state index in [0.717, 1.165) is 16.7 Å². The van der Waals surface area contributed by atoms with Crippen molar-refractivity contribution in [2.75, 3.05) is 18.5 Å². The fraction of sp³-hybridized carbons (Fsp3) is 0.263. The van der Waals surface area contributed by atoms with Crippen LogP contribution in [0.25, 0.3) is 6.08 Å². The molecule has 0 spiro atoms. The van der Waals surface area contributed by atoms with Gasteiger partial charge in [-0.05, 0) is 43.1 Å². The van der Waals surface area contributed by atoms with E-state index in [9.17, 15) is 9.18 Å². The molecule has 1 fully saturated rings. The van der Waals surface area contributed by atoms with E-state index >= 15 is 0 Å². The Kier molecular flexibility index (Phi) is 4.93. The number of hydrogen-bond acceptors (Lipinski definition) is 5. The van der Waals surface area contributed by atoms with E-state index in [1.54, 1.807) is 6.07 Å². The summed E-state index contributed by atoms with van der Waals surface area (Å²) in [6.45, 7) is 3.81. The summed E-state index contributed by atoms with van der Waals surface area (Å²) < 4.78 is 23.9. The molecule has 1 amide bonds. The van der Waals surface area contributed by atoms with Gasteiger partial charge in [-0.15, -0.1) is 0 Å². The number of halogens is 2. The quantitative estimate of drug-likeness (QED) is 0.722. The molecule has 0 bridgehead atoms. The summed E-state index contributed by atoms with van der Waals surface area (Å²) in [4.78, 5) is 13.7. The summed E-state index contributed by atoms with van der Waals surface area (Å²) in [7, 11) is 0. The summed E-state index contributed by atoms with van der Waals surface area (Å²) in [5.74, 6) is -1.06. The predicted octanol–water partition coefficient (Wildman–Crippen LogP) is 3.82. The first-order valence-corrected chi connectivity index (χ1v) is 9.72. The zero-order chi connectivity index (χ0) is 19.9. The Hall–Kier alpha value is -2.31. The van der Waals surface area contributed by atoms with E-state index in [0.29, 0.717) is 36.2 Å². The van der Waals surface area contributed by atoms with Crippen molar-refractivity contribution in [3.63, 3.8) is 0 Å². The highest BCUT2D eigenvalue weighted by Crippen LogP contribution is 2.39. The number of nitrogens with zero attached hydrogens (tertiary/aromatic N) is 2. The average Bonchev–Trinajstić information content (AvgIpc) is 3.20. The van der Waals surface area contributed by atoms with Gasteiger partial charge in [0.1, 0.15) is 17.6 Å². The fourth-order valence-electron chi connectivity index (χ4n) is 3.05. The summed E-state index contributed by atoms with van der Waals surface area (Å²) >= 11 is 7.94. The SMILES string of the molecule is CC1(NSc2c(Cl)c(C(=O)Nc3ccc(F)c(C#N)c3)n3c2C=CC3)COC1. The molecule has 2 aliphatic rings. The van der Waals surface area contributed by atoms with Crippen molar-refractivity contribution in [2.24, 2.45) is 0 Å². The van der Waals surface area contributed by atoms with Crippen molar-refractivity contribution in [2.45, 2.75) is 23.9 Å². The van der Waals surface area contributed by atoms with Crippen molar-refractivity contribution >= 4 is 41.2 Å². The lowest BCUT2D eigenvalue weighted by Gasteiger charge is -2.38. The van der Waals surface area contributed by atoms with Gasteiger partial charge < -0.3 is 14.6 Å². The molecule has 1 aromatic carbocycles. The molecule has 9 heteroatoms. The molecule has 0 radical (unpaired) electrons. The number of carbonyl (C=O) groups is 1. The average molecular weight is 419 g/mol. The molecular formula is C19H16ClFN4O2S. The molecule has 144 valence electrons. The first-order chi connectivity index (χ1) is 13.4. The van der Waals surface area contributed by atoms with Crippen molar-refractivity contribution in [1.82, 2.24) is 9.29 Å². The minimum Gasteiger partial charge on any atom is -0.377 e. The highest BCUT2D eigenvalue weighted by Gasteiger charge is 2.35. The maximum Gasteiger partial charge on any atom is 0.273 e. The predicted molar refractivity (Wildman–Crippen MR) is 106 cm³/mol. The van der Waals surface area contributed by atoms with Crippen LogP contribution in [0.5, 0.6) is 0 Å². The molecule has 4 rings (SSSR count). The van der Waals surface area contributed by atoms with Gasteiger partial charge in [0, 0.05) is 12.2 Å². The maximum atomic E-state index is 13.5. The number of benzene rings is 1. The van der Waals surface area contributed by atoms with Crippen LogP contribution in [-0.4, -0.2) is 29.2 Å². The second-order valence-corrected chi connectivity index (χ2v) is 8.10. The van der Waals surface area contributed by atoms with E-state index in [4.69, 9.17) is 21.6 Å². The van der Waals surface area contributed by atoms with Crippen LogP contribution in [-0.2, 0) is 11.3 Å². The Bertz CT molecular complexity index is 1040. The van der Waals surface area contributed by atoms with Crippen LogP contribution in [0.3, 0.4) is 0 Å². The van der Waals surface area contributed by atoms with Crippen LogP contribution < -0.4 is 10.0 Å². The summed E-state index contributed by atoms with van der Waals surface area (Å²) in [5.41, 5.74) is 1.24. The Morgan fingerprint density at radius 1 is 1.46 bits per heavy atom. The molecule has 2 aromatic rings. The third kappa shape index (κ3) is 3.31. The number of anilines is 1. The van der Waals surface area contributed by atoms with Gasteiger partial charge in [0.25, 0.3) is 5.91 Å². The number of hydrogen-bond donors (Lipinski definition) is 2. The molecule has 2 N–H and O–H groups in total. The molecular weight excluding hydrogens is 403 g/mol. The third-order valence-electron chi connectivity index (χ3n) is 4.56. The second-order valence-electron chi connectivity index (χ2n) is 6.91. The van der Waals surface area contributed by atoms with E-state index in [1.165, 1.54) is 24.1 Å². The minimum absolute atomic E-state index is 0.130. The van der Waals surface area contributed by atoms with Crippen LogP contribution in [0.1, 0.15) is 28.7 Å². The Labute approximate surface area is 170 Å². The van der Waals surface area contributed by atoms with E-state index in [1.807, 2.05) is 16.7 Å². The number of amides is 1. The first-order valence-electron chi connectivity index (χ1n) is 8.53. The normalized spacial score (nSPS) is 16.4. The smallest absolute Gasteiger partial charge is 0.273 e. The third-order valence-corrected chi connectivity index (χ3v) is 6.26. The molecule has 0 aliphatic carbocycles. The molecule has 1 aromatic heterocycles. The van der Waals surface area contributed by atoms with Gasteiger partial charge in [-0.2, -0.15) is 5.26 Å². The van der Waals surface area contributed by atoms with E-state index in [-0.39, 0.29) is 11.1 Å². The number of aromatic nitrogens is 1. The van der Waals surface area contributed by atoms with Crippen LogP contribution in [0, 0.1) is 17.1 Å². The fourth-order valence-corrected chi connectivity index (χ4v) is 4.38. The zero-order valence-corrected chi connectivity index (χ0v) is 16.5. The van der Waals surface area contributed by atoms with E-state index < -0.39 is 11.7 Å². The monoisotopic (exact) mass is 418 g/mol. The number of nitrogens with one attached hydrogen (secondary N) is 2.